The van der Waals surface area contributed by atoms with Gasteiger partial charge >= 0.3 is 0 Å². The van der Waals surface area contributed by atoms with Crippen molar-refractivity contribution in [2.24, 2.45) is 11.1 Å². The molecular formula is C17H29N3O3S. The number of amides is 1. The molecule has 0 bridgehead atoms. The van der Waals surface area contributed by atoms with Crippen molar-refractivity contribution < 1.29 is 13.2 Å². The Balaban J connectivity index is 2.83. The first-order valence-corrected chi connectivity index (χ1v) is 9.67. The van der Waals surface area contributed by atoms with Gasteiger partial charge in [0, 0.05) is 12.6 Å². The molecule has 0 heterocycles. The molecule has 0 aliphatic carbocycles. The molecule has 1 atom stereocenters. The normalized spacial score (nSPS) is 13.8. The van der Waals surface area contributed by atoms with Crippen LogP contribution in [-0.2, 0) is 27.1 Å². The predicted molar refractivity (Wildman–Crippen MR) is 96.6 cm³/mol. The average molecular weight is 356 g/mol. The number of rotatable bonds is 7. The molecule has 1 aromatic rings. The van der Waals surface area contributed by atoms with Gasteiger partial charge in [-0.25, -0.2) is 13.1 Å². The lowest BCUT2D eigenvalue weighted by atomic mass is 9.87. The van der Waals surface area contributed by atoms with Gasteiger partial charge in [0.2, 0.25) is 15.9 Å². The van der Waals surface area contributed by atoms with E-state index in [2.05, 4.69) is 10.0 Å². The zero-order chi connectivity index (χ0) is 18.5. The van der Waals surface area contributed by atoms with Crippen molar-refractivity contribution in [1.29, 1.82) is 0 Å². The first-order chi connectivity index (χ1) is 10.9. The van der Waals surface area contributed by atoms with Crippen molar-refractivity contribution in [3.63, 3.8) is 0 Å². The fraction of sp³-hybridized carbons (Fsp3) is 0.588. The molecule has 24 heavy (non-hydrogen) atoms. The summed E-state index contributed by atoms with van der Waals surface area (Å²) < 4.78 is 26.8. The van der Waals surface area contributed by atoms with Gasteiger partial charge in [-0.1, -0.05) is 45.0 Å². The highest BCUT2D eigenvalue weighted by Crippen LogP contribution is 2.18. The smallest absolute Gasteiger partial charge is 0.237 e. The van der Waals surface area contributed by atoms with Gasteiger partial charge in [-0.3, -0.25) is 4.79 Å². The van der Waals surface area contributed by atoms with Crippen molar-refractivity contribution in [1.82, 2.24) is 10.0 Å². The largest absolute Gasteiger partial charge is 0.351 e. The van der Waals surface area contributed by atoms with Gasteiger partial charge in [0.25, 0.3) is 0 Å². The zero-order valence-electron chi connectivity index (χ0n) is 15.1. The molecule has 0 saturated carbocycles. The van der Waals surface area contributed by atoms with E-state index < -0.39 is 16.1 Å². The van der Waals surface area contributed by atoms with Gasteiger partial charge in [0.05, 0.1) is 11.8 Å². The molecule has 7 heteroatoms. The van der Waals surface area contributed by atoms with Crippen LogP contribution < -0.4 is 15.8 Å². The number of sulfonamides is 1. The molecule has 0 fully saturated rings. The molecule has 1 amide bonds. The number of benzene rings is 1. The molecule has 0 aromatic heterocycles. The summed E-state index contributed by atoms with van der Waals surface area (Å²) >= 11 is 0. The molecule has 0 spiro atoms. The van der Waals surface area contributed by atoms with Crippen molar-refractivity contribution in [3.05, 3.63) is 35.4 Å². The molecule has 6 nitrogen and oxygen atoms in total. The maximum absolute atomic E-state index is 12.1. The van der Waals surface area contributed by atoms with Crippen LogP contribution >= 0.6 is 0 Å². The van der Waals surface area contributed by atoms with Crippen molar-refractivity contribution >= 4 is 15.9 Å². The highest BCUT2D eigenvalue weighted by molar-refractivity contribution is 7.88. The minimum absolute atomic E-state index is 0.122. The summed E-state index contributed by atoms with van der Waals surface area (Å²) in [5.41, 5.74) is 7.02. The summed E-state index contributed by atoms with van der Waals surface area (Å²) in [4.78, 5) is 12.1. The maximum atomic E-state index is 12.1. The third-order valence-corrected chi connectivity index (χ3v) is 5.07. The van der Waals surface area contributed by atoms with E-state index in [4.69, 9.17) is 5.73 Å². The van der Waals surface area contributed by atoms with Gasteiger partial charge in [-0.05, 0) is 30.4 Å². The second-order valence-corrected chi connectivity index (χ2v) is 9.12. The molecule has 0 aliphatic rings. The van der Waals surface area contributed by atoms with Crippen molar-refractivity contribution in [2.45, 2.75) is 59.0 Å². The van der Waals surface area contributed by atoms with Crippen LogP contribution in [0.3, 0.4) is 0 Å². The summed E-state index contributed by atoms with van der Waals surface area (Å²) in [7, 11) is -3.42. The van der Waals surface area contributed by atoms with Gasteiger partial charge in [0.15, 0.2) is 0 Å². The van der Waals surface area contributed by atoms with E-state index in [0.717, 1.165) is 5.56 Å². The minimum Gasteiger partial charge on any atom is -0.351 e. The summed E-state index contributed by atoms with van der Waals surface area (Å²) in [6, 6.07) is 6.37. The highest BCUT2D eigenvalue weighted by Gasteiger charge is 2.27. The lowest BCUT2D eigenvalue weighted by Gasteiger charge is -2.26. The first-order valence-electron chi connectivity index (χ1n) is 8.02. The Kier molecular flexibility index (Phi) is 6.95. The second kappa shape index (κ2) is 8.09. The van der Waals surface area contributed by atoms with Gasteiger partial charge in [-0.2, -0.15) is 0 Å². The topological polar surface area (TPSA) is 101 Å². The van der Waals surface area contributed by atoms with Crippen LogP contribution in [0.1, 0.15) is 45.7 Å². The van der Waals surface area contributed by atoms with Gasteiger partial charge < -0.3 is 11.1 Å². The molecule has 0 unspecified atom stereocenters. The Hall–Kier alpha value is -1.44. The number of hydrogen-bond acceptors (Lipinski definition) is 4. The molecule has 0 radical (unpaired) electrons. The van der Waals surface area contributed by atoms with Crippen LogP contribution in [-0.4, -0.2) is 26.4 Å². The average Bonchev–Trinajstić information content (AvgIpc) is 2.42. The predicted octanol–water partition coefficient (Wildman–Crippen LogP) is 1.50. The Morgan fingerprint density at radius 1 is 1.17 bits per heavy atom. The van der Waals surface area contributed by atoms with Crippen LogP contribution in [0.15, 0.2) is 24.3 Å². The third-order valence-electron chi connectivity index (χ3n) is 3.55. The van der Waals surface area contributed by atoms with E-state index in [0.29, 0.717) is 5.56 Å². The standard InChI is InChI=1S/C17H29N3O3S/c1-12(2)20-24(22,23)11-14-9-7-6-8-13(14)10-19-16(21)15(18)17(3,4)5/h6-9,12,15,20H,10-11,18H2,1-5H3,(H,19,21)/t15-/m1/s1. The minimum atomic E-state index is -3.42. The van der Waals surface area contributed by atoms with E-state index in [9.17, 15) is 13.2 Å². The SMILES string of the molecule is CC(C)NS(=O)(=O)Cc1ccccc1CNC(=O)[C@@H](N)C(C)(C)C. The van der Waals surface area contributed by atoms with Crippen LogP contribution in [0.4, 0.5) is 0 Å². The van der Waals surface area contributed by atoms with E-state index >= 15 is 0 Å². The highest BCUT2D eigenvalue weighted by atomic mass is 32.2. The van der Waals surface area contributed by atoms with Crippen molar-refractivity contribution in [2.75, 3.05) is 0 Å². The fourth-order valence-electron chi connectivity index (χ4n) is 2.16. The maximum Gasteiger partial charge on any atom is 0.237 e. The Morgan fingerprint density at radius 3 is 2.21 bits per heavy atom. The van der Waals surface area contributed by atoms with Crippen LogP contribution in [0.2, 0.25) is 0 Å². The summed E-state index contributed by atoms with van der Waals surface area (Å²) in [5.74, 6) is -0.372. The lowest BCUT2D eigenvalue weighted by molar-refractivity contribution is -0.124. The summed E-state index contributed by atoms with van der Waals surface area (Å²) in [6.07, 6.45) is 0. The molecular weight excluding hydrogens is 326 g/mol. The molecule has 0 saturated heterocycles. The van der Waals surface area contributed by atoms with E-state index in [1.54, 1.807) is 26.0 Å². The van der Waals surface area contributed by atoms with Gasteiger partial charge in [-0.15, -0.1) is 0 Å². The number of carbonyl (C=O) groups is 1. The lowest BCUT2D eigenvalue weighted by Crippen LogP contribution is -2.48. The molecule has 1 aromatic carbocycles. The number of carbonyl (C=O) groups excluding carboxylic acids is 1. The number of nitrogens with one attached hydrogen (secondary N) is 2. The Morgan fingerprint density at radius 2 is 1.71 bits per heavy atom. The second-order valence-electron chi connectivity index (χ2n) is 7.36. The zero-order valence-corrected chi connectivity index (χ0v) is 15.9. The molecule has 4 N–H and O–H groups in total. The van der Waals surface area contributed by atoms with E-state index in [-0.39, 0.29) is 29.7 Å². The summed E-state index contributed by atoms with van der Waals surface area (Å²) in [5, 5.41) is 2.79. The van der Waals surface area contributed by atoms with Crippen LogP contribution in [0.5, 0.6) is 0 Å². The quantitative estimate of drug-likeness (QED) is 0.690. The molecule has 0 aliphatic heterocycles. The fourth-order valence-corrected chi connectivity index (χ4v) is 3.65. The van der Waals surface area contributed by atoms with Gasteiger partial charge in [0.1, 0.15) is 0 Å². The van der Waals surface area contributed by atoms with Crippen LogP contribution in [0.25, 0.3) is 0 Å². The third kappa shape index (κ3) is 6.59. The number of hydrogen-bond donors (Lipinski definition) is 3. The van der Waals surface area contributed by atoms with E-state index in [1.165, 1.54) is 0 Å². The Labute approximate surface area is 145 Å². The van der Waals surface area contributed by atoms with E-state index in [1.807, 2.05) is 32.9 Å². The van der Waals surface area contributed by atoms with Crippen molar-refractivity contribution in [3.8, 4) is 0 Å². The monoisotopic (exact) mass is 355 g/mol. The first kappa shape index (κ1) is 20.6. The molecule has 136 valence electrons. The summed E-state index contributed by atoms with van der Waals surface area (Å²) in [6.45, 7) is 9.49. The number of nitrogens with two attached hydrogens (primary N) is 1. The Bertz CT molecular complexity index is 664. The van der Waals surface area contributed by atoms with Crippen LogP contribution in [0, 0.1) is 5.41 Å². The molecule has 1 rings (SSSR count).